The monoisotopic (exact) mass is 776 g/mol. The summed E-state index contributed by atoms with van der Waals surface area (Å²) in [5.41, 5.74) is 5.47. The molecule has 1 aliphatic heterocycles. The van der Waals surface area contributed by atoms with E-state index >= 15 is 4.39 Å². The smallest absolute Gasteiger partial charge is 0.407 e. The lowest BCUT2D eigenvalue weighted by Crippen LogP contribution is -2.54. The van der Waals surface area contributed by atoms with Gasteiger partial charge in [-0.05, 0) is 79.7 Å². The van der Waals surface area contributed by atoms with E-state index in [1.54, 1.807) is 49.0 Å². The number of rotatable bonds is 11. The Balaban J connectivity index is 0.000000241. The number of methoxy groups -OCH3 is 2. The first-order valence-electron chi connectivity index (χ1n) is 19.5. The summed E-state index contributed by atoms with van der Waals surface area (Å²) in [6.07, 6.45) is 13.8. The lowest BCUT2D eigenvalue weighted by molar-refractivity contribution is -0.137. The summed E-state index contributed by atoms with van der Waals surface area (Å²) in [7, 11) is 2.72. The van der Waals surface area contributed by atoms with Gasteiger partial charge in [-0.1, -0.05) is 48.9 Å². The number of halogens is 1. The molecule has 3 aromatic heterocycles. The second kappa shape index (κ2) is 17.9. The third-order valence-electron chi connectivity index (χ3n) is 11.6. The van der Waals surface area contributed by atoms with E-state index in [2.05, 4.69) is 40.3 Å². The first kappa shape index (κ1) is 39.3. The largest absolute Gasteiger partial charge is 0.453 e. The van der Waals surface area contributed by atoms with E-state index in [0.29, 0.717) is 48.1 Å². The van der Waals surface area contributed by atoms with Crippen LogP contribution in [0.2, 0.25) is 0 Å². The van der Waals surface area contributed by atoms with Gasteiger partial charge < -0.3 is 35.0 Å². The average molecular weight is 777 g/mol. The van der Waals surface area contributed by atoms with Crippen molar-refractivity contribution < 1.29 is 28.2 Å². The van der Waals surface area contributed by atoms with Crippen molar-refractivity contribution in [2.75, 3.05) is 20.8 Å². The molecule has 298 valence electrons. The van der Waals surface area contributed by atoms with Gasteiger partial charge in [0.25, 0.3) is 0 Å². The first-order valence-corrected chi connectivity index (χ1v) is 19.5. The molecule has 6 atom stereocenters. The summed E-state index contributed by atoms with van der Waals surface area (Å²) in [5.74, 6) is 1.98. The lowest BCUT2D eigenvalue weighted by Gasteiger charge is -2.30. The topological polar surface area (TPSA) is 167 Å². The van der Waals surface area contributed by atoms with Crippen LogP contribution in [0, 0.1) is 23.6 Å². The minimum atomic E-state index is -0.914. The predicted molar refractivity (Wildman–Crippen MR) is 212 cm³/mol. The van der Waals surface area contributed by atoms with E-state index in [-0.39, 0.29) is 29.6 Å². The maximum Gasteiger partial charge on any atom is 0.407 e. The Morgan fingerprint density at radius 1 is 0.947 bits per heavy atom. The molecule has 5 unspecified atom stereocenters. The average Bonchev–Trinajstić information content (AvgIpc) is 4.11. The van der Waals surface area contributed by atoms with Gasteiger partial charge in [-0.15, -0.1) is 0 Å². The summed E-state index contributed by atoms with van der Waals surface area (Å²) in [6.45, 7) is 2.83. The zero-order valence-corrected chi connectivity index (χ0v) is 32.4. The van der Waals surface area contributed by atoms with Crippen molar-refractivity contribution in [1.82, 2.24) is 40.5 Å². The van der Waals surface area contributed by atoms with Crippen molar-refractivity contribution in [2.24, 2.45) is 17.8 Å². The predicted octanol–water partition coefficient (Wildman–Crippen LogP) is 6.83. The van der Waals surface area contributed by atoms with Crippen LogP contribution in [0.4, 0.5) is 9.18 Å². The molecule has 2 aliphatic carbocycles. The molecule has 2 bridgehead atoms. The molecule has 8 rings (SSSR count). The van der Waals surface area contributed by atoms with Crippen molar-refractivity contribution in [3.8, 4) is 33.6 Å². The molecule has 2 saturated carbocycles. The van der Waals surface area contributed by atoms with Crippen molar-refractivity contribution in [1.29, 1.82) is 0 Å². The third-order valence-corrected chi connectivity index (χ3v) is 11.6. The SMILES string of the molecule is COC(=O)NC(C(=O)N1CCCC1c1ncc(-c2ccc(-c3ccc(-c4cnc[nH]4)cc3)c(F)c2)[nH]1)C(C)OC.O=C(NCc1cccnc1)[C@H]1CC2CCC1C2. The van der Waals surface area contributed by atoms with Crippen molar-refractivity contribution in [3.63, 3.8) is 0 Å². The van der Waals surface area contributed by atoms with Crippen LogP contribution in [-0.2, 0) is 25.6 Å². The van der Waals surface area contributed by atoms with Gasteiger partial charge >= 0.3 is 6.09 Å². The molecule has 3 amide bonds. The first-order chi connectivity index (χ1) is 27.7. The van der Waals surface area contributed by atoms with Gasteiger partial charge in [0, 0.05) is 49.6 Å². The van der Waals surface area contributed by atoms with Gasteiger partial charge in [-0.3, -0.25) is 14.6 Å². The van der Waals surface area contributed by atoms with Gasteiger partial charge in [0.2, 0.25) is 11.8 Å². The van der Waals surface area contributed by atoms with Crippen LogP contribution in [0.1, 0.15) is 62.9 Å². The van der Waals surface area contributed by atoms with Crippen LogP contribution in [0.5, 0.6) is 0 Å². The lowest BCUT2D eigenvalue weighted by atomic mass is 9.88. The summed E-state index contributed by atoms with van der Waals surface area (Å²) in [5, 5.41) is 5.62. The van der Waals surface area contributed by atoms with E-state index in [9.17, 15) is 14.4 Å². The highest BCUT2D eigenvalue weighted by Gasteiger charge is 2.43. The molecule has 4 heterocycles. The van der Waals surface area contributed by atoms with E-state index in [1.165, 1.54) is 39.5 Å². The molecule has 4 N–H and O–H groups in total. The van der Waals surface area contributed by atoms with Crippen molar-refractivity contribution >= 4 is 17.9 Å². The molecule has 3 aliphatic rings. The third kappa shape index (κ3) is 9.07. The molecule has 3 fully saturated rings. The number of likely N-dealkylation sites (tertiary alicyclic amines) is 1. The van der Waals surface area contributed by atoms with Crippen LogP contribution in [0.25, 0.3) is 33.6 Å². The highest BCUT2D eigenvalue weighted by molar-refractivity contribution is 5.87. The number of nitrogens with zero attached hydrogens (tertiary/aromatic N) is 4. The number of aromatic amines is 2. The molecule has 13 nitrogen and oxygen atoms in total. The van der Waals surface area contributed by atoms with Gasteiger partial charge in [0.05, 0.1) is 49.4 Å². The van der Waals surface area contributed by atoms with Crippen LogP contribution < -0.4 is 10.6 Å². The Morgan fingerprint density at radius 3 is 2.42 bits per heavy atom. The zero-order chi connectivity index (χ0) is 39.9. The molecular formula is C43H49FN8O5. The second-order valence-corrected chi connectivity index (χ2v) is 15.0. The molecule has 5 aromatic rings. The number of ether oxygens (including phenoxy) is 2. The molecule has 2 aromatic carbocycles. The van der Waals surface area contributed by atoms with E-state index in [1.807, 2.05) is 42.5 Å². The molecular weight excluding hydrogens is 728 g/mol. The number of fused-ring (bicyclic) bond motifs is 2. The summed E-state index contributed by atoms with van der Waals surface area (Å²) >= 11 is 0. The maximum atomic E-state index is 15.2. The van der Waals surface area contributed by atoms with E-state index in [0.717, 1.165) is 41.1 Å². The van der Waals surface area contributed by atoms with Crippen LogP contribution in [0.15, 0.2) is 85.7 Å². The summed E-state index contributed by atoms with van der Waals surface area (Å²) in [6, 6.07) is 15.3. The minimum Gasteiger partial charge on any atom is -0.453 e. The molecule has 0 radical (unpaired) electrons. The highest BCUT2D eigenvalue weighted by atomic mass is 19.1. The van der Waals surface area contributed by atoms with E-state index < -0.39 is 18.2 Å². The Bertz CT molecular complexity index is 2130. The fraction of sp³-hybridized carbons (Fsp3) is 0.395. The molecule has 0 spiro atoms. The Labute approximate surface area is 331 Å². The Hall–Kier alpha value is -5.89. The van der Waals surface area contributed by atoms with Gasteiger partial charge in [-0.2, -0.15) is 0 Å². The standard InChI is InChI=1S/C29H31FN6O4.C14H18N2O/c1-17(39-2)26(35-29(38)40-3)28(37)36-12-4-5-25(36)27-32-15-24(34-27)20-10-11-21(22(30)13-20)18-6-8-19(9-7-18)23-14-31-16-33-23;17-14(13-7-10-3-4-12(13)6-10)16-9-11-2-1-5-15-8-11/h6-11,13-17,25-26H,4-5,12H2,1-3H3,(H,31,33)(H,32,34)(H,35,38);1-2,5,8,10,12-13H,3-4,6-7,9H2,(H,16,17)/t;10?,12?,13-/m.0/s1. The van der Waals surface area contributed by atoms with Crippen LogP contribution in [0.3, 0.4) is 0 Å². The van der Waals surface area contributed by atoms with Gasteiger partial charge in [-0.25, -0.2) is 19.2 Å². The van der Waals surface area contributed by atoms with Gasteiger partial charge in [0.1, 0.15) is 17.7 Å². The number of pyridine rings is 1. The quantitative estimate of drug-likeness (QED) is 0.113. The number of aromatic nitrogens is 5. The maximum absolute atomic E-state index is 15.2. The zero-order valence-electron chi connectivity index (χ0n) is 32.4. The normalized spacial score (nSPS) is 20.7. The number of benzene rings is 2. The fourth-order valence-electron chi connectivity index (χ4n) is 8.40. The number of carbonyl (C=O) groups is 3. The number of imidazole rings is 2. The summed E-state index contributed by atoms with van der Waals surface area (Å²) < 4.78 is 25.3. The number of alkyl carbamates (subject to hydrolysis) is 1. The van der Waals surface area contributed by atoms with Crippen LogP contribution >= 0.6 is 0 Å². The number of H-pyrrole nitrogens is 2. The van der Waals surface area contributed by atoms with Crippen molar-refractivity contribution in [2.45, 2.75) is 70.2 Å². The second-order valence-electron chi connectivity index (χ2n) is 15.0. The fourth-order valence-corrected chi connectivity index (χ4v) is 8.40. The number of hydrogen-bond acceptors (Lipinski definition) is 8. The van der Waals surface area contributed by atoms with Crippen molar-refractivity contribution in [3.05, 3.63) is 103 Å². The number of amides is 3. The number of carbonyl (C=O) groups excluding carboxylic acids is 3. The number of hydrogen-bond donors (Lipinski definition) is 4. The Morgan fingerprint density at radius 2 is 1.75 bits per heavy atom. The summed E-state index contributed by atoms with van der Waals surface area (Å²) in [4.78, 5) is 58.0. The Kier molecular flexibility index (Phi) is 12.4. The van der Waals surface area contributed by atoms with Crippen LogP contribution in [-0.4, -0.2) is 80.6 Å². The molecule has 57 heavy (non-hydrogen) atoms. The molecule has 1 saturated heterocycles. The molecule has 14 heteroatoms. The number of nitrogens with one attached hydrogen (secondary N) is 4. The minimum absolute atomic E-state index is 0.251. The van der Waals surface area contributed by atoms with Gasteiger partial charge in [0.15, 0.2) is 0 Å². The van der Waals surface area contributed by atoms with E-state index in [4.69, 9.17) is 4.74 Å². The highest BCUT2D eigenvalue weighted by Crippen LogP contribution is 2.48.